The first-order valence-electron chi connectivity index (χ1n) is 15.2. The van der Waals surface area contributed by atoms with Crippen molar-refractivity contribution in [1.29, 1.82) is 0 Å². The quantitative estimate of drug-likeness (QED) is 0.308. The van der Waals surface area contributed by atoms with Gasteiger partial charge in [-0.25, -0.2) is 9.59 Å². The van der Waals surface area contributed by atoms with Gasteiger partial charge in [0.1, 0.15) is 23.0 Å². The van der Waals surface area contributed by atoms with Crippen molar-refractivity contribution in [3.05, 3.63) is 69.8 Å². The number of rotatable bonds is 8. The van der Waals surface area contributed by atoms with Gasteiger partial charge in [0, 0.05) is 33.4 Å². The molecule has 2 aliphatic carbocycles. The summed E-state index contributed by atoms with van der Waals surface area (Å²) in [5.41, 5.74) is -2.20. The molecule has 0 aromatic heterocycles. The summed E-state index contributed by atoms with van der Waals surface area (Å²) in [7, 11) is 0. The van der Waals surface area contributed by atoms with Gasteiger partial charge >= 0.3 is 12.2 Å². The number of amides is 2. The maximum absolute atomic E-state index is 13.5. The molecule has 0 saturated heterocycles. The van der Waals surface area contributed by atoms with Gasteiger partial charge in [-0.15, -0.1) is 0 Å². The van der Waals surface area contributed by atoms with E-state index < -0.39 is 87.8 Å². The van der Waals surface area contributed by atoms with Crippen molar-refractivity contribution in [2.24, 2.45) is 11.8 Å². The Morgan fingerprint density at radius 1 is 0.562 bits per heavy atom. The van der Waals surface area contributed by atoms with Crippen LogP contribution < -0.4 is 10.6 Å². The van der Waals surface area contributed by atoms with E-state index in [1.807, 2.05) is 0 Å². The molecule has 2 amide bonds. The van der Waals surface area contributed by atoms with Crippen LogP contribution in [0.1, 0.15) is 113 Å². The average molecular weight is 661 g/mol. The molecular weight excluding hydrogens is 624 g/mol. The molecule has 0 radical (unpaired) electrons. The number of Topliss-reactive ketones (excluding diaryl/α,β-unsaturated/α-hetero) is 6. The van der Waals surface area contributed by atoms with Crippen molar-refractivity contribution in [1.82, 2.24) is 10.6 Å². The lowest BCUT2D eigenvalue weighted by Gasteiger charge is -2.22. The zero-order chi connectivity index (χ0) is 36.0. The van der Waals surface area contributed by atoms with Crippen molar-refractivity contribution >= 4 is 52.7 Å². The minimum Gasteiger partial charge on any atom is -0.444 e. The summed E-state index contributed by atoms with van der Waals surface area (Å²) < 4.78 is 10.3. The molecule has 4 atom stereocenters. The number of hydrogen-bond acceptors (Lipinski definition) is 11. The van der Waals surface area contributed by atoms with Crippen LogP contribution in [0.2, 0.25) is 0 Å². The Bertz CT molecular complexity index is 1680. The third kappa shape index (κ3) is 7.14. The first-order chi connectivity index (χ1) is 22.1. The minimum atomic E-state index is -1.72. The predicted molar refractivity (Wildman–Crippen MR) is 168 cm³/mol. The number of carbonyl (C=O) groups is 9. The van der Waals surface area contributed by atoms with Gasteiger partial charge in [0.15, 0.2) is 40.5 Å². The van der Waals surface area contributed by atoms with Crippen molar-refractivity contribution in [3.8, 4) is 0 Å². The summed E-state index contributed by atoms with van der Waals surface area (Å²) in [5, 5.41) is 4.65. The van der Waals surface area contributed by atoms with Gasteiger partial charge in [0.25, 0.3) is 0 Å². The van der Waals surface area contributed by atoms with Crippen LogP contribution in [0.3, 0.4) is 0 Å². The Morgan fingerprint density at radius 3 is 1.19 bits per heavy atom. The van der Waals surface area contributed by atoms with Gasteiger partial charge in [-0.2, -0.15) is 0 Å². The van der Waals surface area contributed by atoms with Crippen LogP contribution in [-0.2, 0) is 19.1 Å². The van der Waals surface area contributed by atoms with E-state index in [0.717, 1.165) is 0 Å². The predicted octanol–water partition coefficient (Wildman–Crippen LogP) is 3.87. The molecule has 0 spiro atoms. The van der Waals surface area contributed by atoms with E-state index >= 15 is 0 Å². The Kier molecular flexibility index (Phi) is 9.40. The first-order valence-corrected chi connectivity index (χ1v) is 15.2. The Hall–Kier alpha value is -5.33. The van der Waals surface area contributed by atoms with Crippen molar-refractivity contribution in [2.45, 2.75) is 78.7 Å². The van der Waals surface area contributed by atoms with E-state index in [4.69, 9.17) is 9.47 Å². The van der Waals surface area contributed by atoms with Gasteiger partial charge < -0.3 is 20.1 Å². The van der Waals surface area contributed by atoms with Crippen LogP contribution in [0, 0.1) is 11.8 Å². The average Bonchev–Trinajstić information content (AvgIpc) is 3.36. The van der Waals surface area contributed by atoms with Crippen LogP contribution >= 0.6 is 0 Å². The molecule has 2 aromatic rings. The lowest BCUT2D eigenvalue weighted by atomic mass is 9.94. The van der Waals surface area contributed by atoms with E-state index in [0.29, 0.717) is 0 Å². The number of fused-ring (bicyclic) bond motifs is 2. The zero-order valence-corrected chi connectivity index (χ0v) is 27.8. The fourth-order valence-corrected chi connectivity index (χ4v) is 5.36. The second kappa shape index (κ2) is 12.7. The summed E-state index contributed by atoms with van der Waals surface area (Å²) >= 11 is 0. The first kappa shape index (κ1) is 35.5. The summed E-state index contributed by atoms with van der Waals surface area (Å²) in [6.07, 6.45) is -1.80. The van der Waals surface area contributed by atoms with Crippen LogP contribution in [0.15, 0.2) is 36.4 Å². The fraction of sp³-hybridized carbons (Fsp3) is 0.400. The maximum atomic E-state index is 13.5. The standard InChI is InChI=1S/C35H36N2O11/c1-15(36-32(45)47-34(3,4)5)25(38)23-28(41)19-11-9-17(13-21(19)30(23)43)27(40)18-10-12-20-22(14-18)31(44)24(29(20)42)26(39)16(2)37-33(46)48-35(6,7)8/h9-16,23-24H,1-8H3,(H,36,45)(H,37,46)/t15-,16-,23?,24?/m0/s1. The Labute approximate surface area is 276 Å². The number of ketones is 7. The molecule has 2 unspecified atom stereocenters. The third-order valence-corrected chi connectivity index (χ3v) is 7.56. The summed E-state index contributed by atoms with van der Waals surface area (Å²) in [6, 6.07) is 4.96. The molecular formula is C35H36N2O11. The minimum absolute atomic E-state index is 0.0394. The van der Waals surface area contributed by atoms with E-state index in [1.54, 1.807) is 41.5 Å². The fourth-order valence-electron chi connectivity index (χ4n) is 5.36. The number of ether oxygens (including phenoxy) is 2. The molecule has 0 saturated carbocycles. The number of hydrogen-bond donors (Lipinski definition) is 2. The van der Waals surface area contributed by atoms with E-state index in [2.05, 4.69) is 10.6 Å². The van der Waals surface area contributed by atoms with Crippen LogP contribution in [-0.4, -0.2) is 76.0 Å². The molecule has 0 bridgehead atoms. The largest absolute Gasteiger partial charge is 0.444 e. The highest BCUT2D eigenvalue weighted by atomic mass is 16.6. The molecule has 13 nitrogen and oxygen atoms in total. The number of nitrogens with one attached hydrogen (secondary N) is 2. The van der Waals surface area contributed by atoms with Gasteiger partial charge in [0.05, 0.1) is 12.1 Å². The summed E-state index contributed by atoms with van der Waals surface area (Å²) in [4.78, 5) is 117. The van der Waals surface area contributed by atoms with Crippen molar-refractivity contribution in [3.63, 3.8) is 0 Å². The third-order valence-electron chi connectivity index (χ3n) is 7.56. The molecule has 252 valence electrons. The van der Waals surface area contributed by atoms with Crippen molar-refractivity contribution < 1.29 is 52.6 Å². The van der Waals surface area contributed by atoms with Gasteiger partial charge in [-0.05, 0) is 79.7 Å². The maximum Gasteiger partial charge on any atom is 0.408 e. The lowest BCUT2D eigenvalue weighted by molar-refractivity contribution is -0.122. The van der Waals surface area contributed by atoms with Gasteiger partial charge in [-0.1, -0.05) is 12.1 Å². The van der Waals surface area contributed by atoms with Crippen molar-refractivity contribution in [2.75, 3.05) is 0 Å². The molecule has 2 aromatic carbocycles. The second-order valence-electron chi connectivity index (χ2n) is 13.7. The zero-order valence-electron chi connectivity index (χ0n) is 27.8. The Balaban J connectivity index is 1.51. The van der Waals surface area contributed by atoms with Crippen LogP contribution in [0.4, 0.5) is 9.59 Å². The molecule has 0 heterocycles. The molecule has 0 aliphatic heterocycles. The van der Waals surface area contributed by atoms with Gasteiger partial charge in [-0.3, -0.25) is 33.6 Å². The van der Waals surface area contributed by atoms with Crippen LogP contribution in [0.5, 0.6) is 0 Å². The van der Waals surface area contributed by atoms with E-state index in [9.17, 15) is 43.2 Å². The number of alkyl carbamates (subject to hydrolysis) is 2. The second-order valence-corrected chi connectivity index (χ2v) is 13.7. The molecule has 4 rings (SSSR count). The molecule has 13 heteroatoms. The smallest absolute Gasteiger partial charge is 0.408 e. The Morgan fingerprint density at radius 2 is 0.875 bits per heavy atom. The van der Waals surface area contributed by atoms with Gasteiger partial charge in [0.2, 0.25) is 0 Å². The van der Waals surface area contributed by atoms with E-state index in [1.165, 1.54) is 50.2 Å². The monoisotopic (exact) mass is 660 g/mol. The highest BCUT2D eigenvalue weighted by Gasteiger charge is 2.47. The SMILES string of the molecule is C[C@H](NC(=O)OC(C)(C)C)C(=O)C1C(=O)c2ccc(C(=O)c3ccc4c(c3)C(=O)C(C(=O)[C@H](C)NC(=O)OC(C)(C)C)C4=O)cc2C1=O. The molecule has 2 N–H and O–H groups in total. The molecule has 48 heavy (non-hydrogen) atoms. The topological polar surface area (TPSA) is 196 Å². The highest BCUT2D eigenvalue weighted by molar-refractivity contribution is 6.37. The summed E-state index contributed by atoms with van der Waals surface area (Å²) in [6.45, 7) is 12.4. The summed E-state index contributed by atoms with van der Waals surface area (Å²) in [5.74, 6) is -9.01. The van der Waals surface area contributed by atoms with Crippen LogP contribution in [0.25, 0.3) is 0 Å². The lowest BCUT2D eigenvalue weighted by Crippen LogP contribution is -2.45. The molecule has 0 fully saturated rings. The van der Waals surface area contributed by atoms with E-state index in [-0.39, 0.29) is 33.4 Å². The molecule has 2 aliphatic rings. The number of carbonyl (C=O) groups excluding carboxylic acids is 9. The number of benzene rings is 2. The highest BCUT2D eigenvalue weighted by Crippen LogP contribution is 2.32. The normalized spacial score (nSPS) is 18.4.